The molecular weight excluding hydrogens is 829 g/mol. The number of allylic oxidation sites excluding steroid dienone is 12. The Kier molecular flexibility index (Phi) is 52.8. The first kappa shape index (κ1) is 63.8. The molecule has 0 aromatic carbocycles. The van der Waals surface area contributed by atoms with E-state index >= 15 is 0 Å². The van der Waals surface area contributed by atoms with Crippen LogP contribution in [-0.4, -0.2) is 37.2 Å². The van der Waals surface area contributed by atoms with Crippen LogP contribution >= 0.6 is 0 Å². The van der Waals surface area contributed by atoms with Crippen LogP contribution in [0.4, 0.5) is 0 Å². The molecule has 0 unspecified atom stereocenters. The van der Waals surface area contributed by atoms with Crippen LogP contribution in [0.1, 0.15) is 278 Å². The van der Waals surface area contributed by atoms with Gasteiger partial charge in [0.05, 0.1) is 0 Å². The number of unbranched alkanes of at least 4 members (excludes halogenated alkanes) is 28. The van der Waals surface area contributed by atoms with Crippen LogP contribution < -0.4 is 0 Å². The molecule has 0 N–H and O–H groups in total. The number of carbonyl (C=O) groups is 3. The first-order valence-corrected chi connectivity index (χ1v) is 28.4. The minimum Gasteiger partial charge on any atom is -0.462 e. The molecule has 6 nitrogen and oxygen atoms in total. The zero-order valence-electron chi connectivity index (χ0n) is 44.2. The van der Waals surface area contributed by atoms with E-state index in [1.54, 1.807) is 0 Å². The summed E-state index contributed by atoms with van der Waals surface area (Å²) in [6.45, 7) is 6.49. The molecule has 0 spiro atoms. The van der Waals surface area contributed by atoms with Gasteiger partial charge in [-0.2, -0.15) is 0 Å². The first-order valence-electron chi connectivity index (χ1n) is 28.4. The predicted molar refractivity (Wildman–Crippen MR) is 288 cm³/mol. The molecular formula is C61H106O6. The summed E-state index contributed by atoms with van der Waals surface area (Å²) in [7, 11) is 0. The summed E-state index contributed by atoms with van der Waals surface area (Å²) < 4.78 is 16.8. The summed E-state index contributed by atoms with van der Waals surface area (Å²) in [6, 6.07) is 0. The number of ether oxygens (including phenoxy) is 3. The van der Waals surface area contributed by atoms with Crippen molar-refractivity contribution in [3.8, 4) is 0 Å². The highest BCUT2D eigenvalue weighted by molar-refractivity contribution is 5.71. The van der Waals surface area contributed by atoms with Gasteiger partial charge in [-0.15, -0.1) is 0 Å². The van der Waals surface area contributed by atoms with Crippen molar-refractivity contribution in [1.29, 1.82) is 0 Å². The van der Waals surface area contributed by atoms with Gasteiger partial charge in [0.1, 0.15) is 13.2 Å². The Labute approximate surface area is 414 Å². The smallest absolute Gasteiger partial charge is 0.306 e. The fourth-order valence-corrected chi connectivity index (χ4v) is 7.89. The fourth-order valence-electron chi connectivity index (χ4n) is 7.89. The van der Waals surface area contributed by atoms with Crippen LogP contribution in [-0.2, 0) is 28.6 Å². The molecule has 0 bridgehead atoms. The van der Waals surface area contributed by atoms with Gasteiger partial charge in [0.15, 0.2) is 6.10 Å². The highest BCUT2D eigenvalue weighted by Gasteiger charge is 2.19. The van der Waals surface area contributed by atoms with Gasteiger partial charge in [-0.25, -0.2) is 0 Å². The minimum absolute atomic E-state index is 0.0923. The summed E-state index contributed by atoms with van der Waals surface area (Å²) in [4.78, 5) is 38.1. The molecule has 386 valence electrons. The molecule has 0 amide bonds. The molecule has 0 aromatic rings. The van der Waals surface area contributed by atoms with Gasteiger partial charge in [-0.3, -0.25) is 14.4 Å². The van der Waals surface area contributed by atoms with Crippen molar-refractivity contribution in [2.24, 2.45) is 0 Å². The summed E-state index contributed by atoms with van der Waals surface area (Å²) in [5.74, 6) is -0.939. The molecule has 0 aliphatic heterocycles. The van der Waals surface area contributed by atoms with Crippen molar-refractivity contribution in [1.82, 2.24) is 0 Å². The van der Waals surface area contributed by atoms with Crippen molar-refractivity contribution < 1.29 is 28.6 Å². The molecule has 0 saturated carbocycles. The van der Waals surface area contributed by atoms with Gasteiger partial charge >= 0.3 is 17.9 Å². The van der Waals surface area contributed by atoms with Crippen molar-refractivity contribution in [3.63, 3.8) is 0 Å². The topological polar surface area (TPSA) is 78.9 Å². The van der Waals surface area contributed by atoms with Crippen molar-refractivity contribution in [3.05, 3.63) is 72.9 Å². The van der Waals surface area contributed by atoms with E-state index < -0.39 is 6.10 Å². The Balaban J connectivity index is 4.42. The van der Waals surface area contributed by atoms with E-state index in [4.69, 9.17) is 14.2 Å². The second-order valence-electron chi connectivity index (χ2n) is 18.8. The summed E-state index contributed by atoms with van der Waals surface area (Å²) in [5.41, 5.74) is 0. The number of carbonyl (C=O) groups excluding carboxylic acids is 3. The monoisotopic (exact) mass is 935 g/mol. The fraction of sp³-hybridized carbons (Fsp3) is 0.754. The maximum atomic E-state index is 12.8. The Morgan fingerprint density at radius 3 is 0.955 bits per heavy atom. The van der Waals surface area contributed by atoms with Crippen LogP contribution in [0, 0.1) is 0 Å². The average Bonchev–Trinajstić information content (AvgIpc) is 3.33. The number of hydrogen-bond acceptors (Lipinski definition) is 6. The number of hydrogen-bond donors (Lipinski definition) is 0. The van der Waals surface area contributed by atoms with Crippen LogP contribution in [0.2, 0.25) is 0 Å². The molecule has 0 aliphatic rings. The molecule has 0 aromatic heterocycles. The molecule has 1 atom stereocenters. The number of esters is 3. The molecule has 6 heteroatoms. The third-order valence-corrected chi connectivity index (χ3v) is 12.2. The third-order valence-electron chi connectivity index (χ3n) is 12.2. The third kappa shape index (κ3) is 53.7. The molecule has 0 aliphatic carbocycles. The Hall–Kier alpha value is -3.15. The zero-order valence-corrected chi connectivity index (χ0v) is 44.2. The van der Waals surface area contributed by atoms with Crippen LogP contribution in [0.15, 0.2) is 72.9 Å². The first-order chi connectivity index (χ1) is 33.0. The maximum absolute atomic E-state index is 12.8. The molecule has 0 radical (unpaired) electrons. The zero-order chi connectivity index (χ0) is 48.6. The normalized spacial score (nSPS) is 12.6. The highest BCUT2D eigenvalue weighted by atomic mass is 16.6. The quantitative estimate of drug-likeness (QED) is 0.0262. The van der Waals surface area contributed by atoms with E-state index in [-0.39, 0.29) is 31.1 Å². The van der Waals surface area contributed by atoms with E-state index in [1.807, 2.05) is 0 Å². The van der Waals surface area contributed by atoms with E-state index in [1.165, 1.54) is 141 Å². The molecule has 0 rings (SSSR count). The van der Waals surface area contributed by atoms with Gasteiger partial charge in [0.2, 0.25) is 0 Å². The van der Waals surface area contributed by atoms with Gasteiger partial charge in [0, 0.05) is 19.3 Å². The summed E-state index contributed by atoms with van der Waals surface area (Å²) >= 11 is 0. The second-order valence-corrected chi connectivity index (χ2v) is 18.8. The van der Waals surface area contributed by atoms with Gasteiger partial charge < -0.3 is 14.2 Å². The largest absolute Gasteiger partial charge is 0.462 e. The van der Waals surface area contributed by atoms with E-state index in [9.17, 15) is 14.4 Å². The Morgan fingerprint density at radius 1 is 0.313 bits per heavy atom. The summed E-state index contributed by atoms with van der Waals surface area (Å²) in [5, 5.41) is 0. The van der Waals surface area contributed by atoms with Crippen LogP contribution in [0.3, 0.4) is 0 Å². The standard InChI is InChI=1S/C61H106O6/c1-4-7-10-13-16-19-22-25-28-29-30-31-34-36-39-42-45-48-51-54-60(63)66-57-58(67-61(64)55-52-49-46-43-40-37-33-27-24-21-18-15-12-9-6-3)56-65-59(62)53-50-47-44-41-38-35-32-26-23-20-17-14-11-8-5-2/h8,11,17,20,25-28,32-33,38,41,58H,4-7,9-10,12-16,18-19,21-24,29-31,34-37,39-40,42-57H2,1-3H3/b11-8-,20-17-,28-25-,32-26-,33-27-,41-38-/t58-/m1/s1. The molecule has 0 fully saturated rings. The summed E-state index contributed by atoms with van der Waals surface area (Å²) in [6.07, 6.45) is 70.4. The Morgan fingerprint density at radius 2 is 0.582 bits per heavy atom. The van der Waals surface area contributed by atoms with E-state index in [0.717, 1.165) is 96.3 Å². The lowest BCUT2D eigenvalue weighted by Crippen LogP contribution is -2.30. The van der Waals surface area contributed by atoms with Crippen LogP contribution in [0.5, 0.6) is 0 Å². The van der Waals surface area contributed by atoms with E-state index in [2.05, 4.69) is 93.7 Å². The molecule has 0 saturated heterocycles. The molecule has 67 heavy (non-hydrogen) atoms. The second kappa shape index (κ2) is 55.4. The van der Waals surface area contributed by atoms with Gasteiger partial charge in [-0.05, 0) is 109 Å². The lowest BCUT2D eigenvalue weighted by atomic mass is 10.1. The van der Waals surface area contributed by atoms with Crippen molar-refractivity contribution in [2.75, 3.05) is 13.2 Å². The van der Waals surface area contributed by atoms with Crippen molar-refractivity contribution in [2.45, 2.75) is 284 Å². The average molecular weight is 936 g/mol. The van der Waals surface area contributed by atoms with Crippen LogP contribution in [0.25, 0.3) is 0 Å². The van der Waals surface area contributed by atoms with E-state index in [0.29, 0.717) is 19.3 Å². The van der Waals surface area contributed by atoms with Gasteiger partial charge in [-0.1, -0.05) is 222 Å². The lowest BCUT2D eigenvalue weighted by molar-refractivity contribution is -0.167. The number of rotatable bonds is 51. The van der Waals surface area contributed by atoms with Crippen molar-refractivity contribution >= 4 is 17.9 Å². The molecule has 0 heterocycles. The Bertz CT molecular complexity index is 1260. The maximum Gasteiger partial charge on any atom is 0.306 e. The predicted octanol–water partition coefficient (Wildman–Crippen LogP) is 19.0. The lowest BCUT2D eigenvalue weighted by Gasteiger charge is -2.18. The highest BCUT2D eigenvalue weighted by Crippen LogP contribution is 2.15. The minimum atomic E-state index is -0.797. The SMILES string of the molecule is CC/C=C\C/C=C\C/C=C\C/C=C\CCCCC(=O)OC[C@H](COC(=O)CCCCCCCCCCC/C=C\CCCCCCCC)OC(=O)CCCCCCC/C=C\CCCCCCCC. The van der Waals surface area contributed by atoms with Gasteiger partial charge in [0.25, 0.3) is 0 Å².